The Bertz CT molecular complexity index is 548. The highest BCUT2D eigenvalue weighted by Gasteiger charge is 2.65. The second-order valence-corrected chi connectivity index (χ2v) is 6.35. The highest BCUT2D eigenvalue weighted by molar-refractivity contribution is 6.00. The summed E-state index contributed by atoms with van der Waals surface area (Å²) in [6.45, 7) is 7.77. The molecule has 0 radical (unpaired) electrons. The number of rotatable bonds is 4. The monoisotopic (exact) mass is 275 g/mol. The maximum atomic E-state index is 12.3. The standard InChI is InChI=1S/C16H21NO3/c1-9(2)10-7-5-6-8-11(10)17-14(18)12-13(15(19)20)16(12,3)4/h5-9,12-13H,1-4H3,(H,17,18)(H,19,20). The van der Waals surface area contributed by atoms with Gasteiger partial charge < -0.3 is 10.4 Å². The lowest BCUT2D eigenvalue weighted by molar-refractivity contribution is -0.140. The van der Waals surface area contributed by atoms with Gasteiger partial charge in [-0.1, -0.05) is 45.9 Å². The summed E-state index contributed by atoms with van der Waals surface area (Å²) in [6.07, 6.45) is 0. The van der Waals surface area contributed by atoms with Crippen LogP contribution in [0, 0.1) is 17.3 Å². The molecule has 2 atom stereocenters. The molecule has 2 unspecified atom stereocenters. The number of aliphatic carboxylic acids is 1. The molecule has 0 heterocycles. The lowest BCUT2D eigenvalue weighted by atomic mass is 10.0. The number of carbonyl (C=O) groups is 2. The molecule has 1 aliphatic rings. The largest absolute Gasteiger partial charge is 0.481 e. The van der Waals surface area contributed by atoms with Crippen molar-refractivity contribution in [3.05, 3.63) is 29.8 Å². The van der Waals surface area contributed by atoms with Gasteiger partial charge in [0, 0.05) is 5.69 Å². The van der Waals surface area contributed by atoms with Crippen LogP contribution in [0.3, 0.4) is 0 Å². The second kappa shape index (κ2) is 4.93. The van der Waals surface area contributed by atoms with Gasteiger partial charge >= 0.3 is 5.97 Å². The van der Waals surface area contributed by atoms with Gasteiger partial charge in [-0.15, -0.1) is 0 Å². The van der Waals surface area contributed by atoms with Crippen molar-refractivity contribution in [2.75, 3.05) is 5.32 Å². The highest BCUT2D eigenvalue weighted by Crippen LogP contribution is 2.58. The Morgan fingerprint density at radius 1 is 1.20 bits per heavy atom. The Morgan fingerprint density at radius 2 is 1.80 bits per heavy atom. The van der Waals surface area contributed by atoms with Crippen molar-refractivity contribution in [1.82, 2.24) is 0 Å². The van der Waals surface area contributed by atoms with E-state index in [1.807, 2.05) is 38.1 Å². The molecule has 1 aromatic carbocycles. The van der Waals surface area contributed by atoms with Gasteiger partial charge in [0.2, 0.25) is 5.91 Å². The third-order valence-corrected chi connectivity index (χ3v) is 4.22. The Hall–Kier alpha value is -1.84. The fraction of sp³-hybridized carbons (Fsp3) is 0.500. The molecule has 1 aliphatic carbocycles. The molecule has 0 bridgehead atoms. The molecule has 4 nitrogen and oxygen atoms in total. The fourth-order valence-electron chi connectivity index (χ4n) is 2.91. The summed E-state index contributed by atoms with van der Waals surface area (Å²) >= 11 is 0. The molecule has 2 N–H and O–H groups in total. The van der Waals surface area contributed by atoms with Crippen molar-refractivity contribution in [2.24, 2.45) is 17.3 Å². The van der Waals surface area contributed by atoms with Gasteiger partial charge in [-0.05, 0) is 23.0 Å². The number of carboxylic acids is 1. The van der Waals surface area contributed by atoms with Gasteiger partial charge in [0.25, 0.3) is 0 Å². The fourth-order valence-corrected chi connectivity index (χ4v) is 2.91. The number of anilines is 1. The Balaban J connectivity index is 2.16. The predicted octanol–water partition coefficient (Wildman–Crippen LogP) is 3.11. The van der Waals surface area contributed by atoms with Crippen LogP contribution in [-0.2, 0) is 9.59 Å². The summed E-state index contributed by atoms with van der Waals surface area (Å²) in [7, 11) is 0. The van der Waals surface area contributed by atoms with Crippen LogP contribution in [0.25, 0.3) is 0 Å². The van der Waals surface area contributed by atoms with E-state index in [2.05, 4.69) is 19.2 Å². The molecule has 1 amide bonds. The van der Waals surface area contributed by atoms with Gasteiger partial charge in [-0.3, -0.25) is 9.59 Å². The topological polar surface area (TPSA) is 66.4 Å². The van der Waals surface area contributed by atoms with Crippen LogP contribution in [0.5, 0.6) is 0 Å². The zero-order valence-electron chi connectivity index (χ0n) is 12.3. The number of hydrogen-bond acceptors (Lipinski definition) is 2. The van der Waals surface area contributed by atoms with E-state index >= 15 is 0 Å². The molecule has 108 valence electrons. The maximum absolute atomic E-state index is 12.3. The first-order valence-corrected chi connectivity index (χ1v) is 6.89. The van der Waals surface area contributed by atoms with Gasteiger partial charge in [0.05, 0.1) is 11.8 Å². The van der Waals surface area contributed by atoms with Crippen molar-refractivity contribution < 1.29 is 14.7 Å². The highest BCUT2D eigenvalue weighted by atomic mass is 16.4. The van der Waals surface area contributed by atoms with Crippen LogP contribution in [0.4, 0.5) is 5.69 Å². The number of carbonyl (C=O) groups excluding carboxylic acids is 1. The molecule has 1 fully saturated rings. The molecule has 1 saturated carbocycles. The minimum Gasteiger partial charge on any atom is -0.481 e. The summed E-state index contributed by atoms with van der Waals surface area (Å²) < 4.78 is 0. The molecular weight excluding hydrogens is 254 g/mol. The SMILES string of the molecule is CC(C)c1ccccc1NC(=O)C1C(C(=O)O)C1(C)C. The van der Waals surface area contributed by atoms with Crippen molar-refractivity contribution in [2.45, 2.75) is 33.6 Å². The quantitative estimate of drug-likeness (QED) is 0.887. The lowest BCUT2D eigenvalue weighted by Crippen LogP contribution is -2.18. The summed E-state index contributed by atoms with van der Waals surface area (Å²) in [5.41, 5.74) is 1.37. The van der Waals surface area contributed by atoms with Gasteiger partial charge in [0.1, 0.15) is 0 Å². The number of carboxylic acid groups (broad SMARTS) is 1. The number of nitrogens with one attached hydrogen (secondary N) is 1. The van der Waals surface area contributed by atoms with Crippen molar-refractivity contribution in [3.63, 3.8) is 0 Å². The zero-order valence-corrected chi connectivity index (χ0v) is 12.3. The Kier molecular flexibility index (Phi) is 3.59. The molecule has 4 heteroatoms. The van der Waals surface area contributed by atoms with E-state index < -0.39 is 23.2 Å². The Labute approximate surface area is 119 Å². The lowest BCUT2D eigenvalue weighted by Gasteiger charge is -2.14. The van der Waals surface area contributed by atoms with Crippen LogP contribution < -0.4 is 5.32 Å². The van der Waals surface area contributed by atoms with E-state index in [0.29, 0.717) is 5.92 Å². The van der Waals surface area contributed by atoms with Crippen LogP contribution >= 0.6 is 0 Å². The van der Waals surface area contributed by atoms with Crippen molar-refractivity contribution in [1.29, 1.82) is 0 Å². The molecule has 0 aromatic heterocycles. The summed E-state index contributed by atoms with van der Waals surface area (Å²) in [4.78, 5) is 23.4. The average Bonchev–Trinajstić information content (AvgIpc) is 2.93. The summed E-state index contributed by atoms with van der Waals surface area (Å²) in [6, 6.07) is 7.64. The normalized spacial score (nSPS) is 23.4. The minimum absolute atomic E-state index is 0.199. The number of benzene rings is 1. The van der Waals surface area contributed by atoms with Gasteiger partial charge in [-0.25, -0.2) is 0 Å². The molecule has 2 rings (SSSR count). The van der Waals surface area contributed by atoms with Crippen LogP contribution in [0.15, 0.2) is 24.3 Å². The smallest absolute Gasteiger partial charge is 0.307 e. The predicted molar refractivity (Wildman–Crippen MR) is 77.6 cm³/mol. The molecule has 0 saturated heterocycles. The number of para-hydroxylation sites is 1. The average molecular weight is 275 g/mol. The first-order chi connectivity index (χ1) is 9.26. The van der Waals surface area contributed by atoms with Crippen molar-refractivity contribution in [3.8, 4) is 0 Å². The number of hydrogen-bond donors (Lipinski definition) is 2. The maximum Gasteiger partial charge on any atom is 0.307 e. The summed E-state index contributed by atoms with van der Waals surface area (Å²) in [5.74, 6) is -1.84. The van der Waals surface area contributed by atoms with E-state index in [-0.39, 0.29) is 5.91 Å². The van der Waals surface area contributed by atoms with E-state index in [1.165, 1.54) is 0 Å². The summed E-state index contributed by atoms with van der Waals surface area (Å²) in [5, 5.41) is 12.0. The van der Waals surface area contributed by atoms with E-state index in [4.69, 9.17) is 5.11 Å². The van der Waals surface area contributed by atoms with E-state index in [1.54, 1.807) is 0 Å². The second-order valence-electron chi connectivity index (χ2n) is 6.35. The molecule has 20 heavy (non-hydrogen) atoms. The van der Waals surface area contributed by atoms with Crippen LogP contribution in [0.1, 0.15) is 39.2 Å². The van der Waals surface area contributed by atoms with E-state index in [0.717, 1.165) is 11.3 Å². The first kappa shape index (κ1) is 14.6. The van der Waals surface area contributed by atoms with Crippen LogP contribution in [-0.4, -0.2) is 17.0 Å². The van der Waals surface area contributed by atoms with Crippen molar-refractivity contribution >= 4 is 17.6 Å². The number of amides is 1. The minimum atomic E-state index is -0.896. The van der Waals surface area contributed by atoms with Crippen LogP contribution in [0.2, 0.25) is 0 Å². The molecule has 0 spiro atoms. The first-order valence-electron chi connectivity index (χ1n) is 6.89. The Morgan fingerprint density at radius 3 is 2.30 bits per heavy atom. The molecule has 1 aromatic rings. The molecular formula is C16H21NO3. The van der Waals surface area contributed by atoms with Gasteiger partial charge in [0.15, 0.2) is 0 Å². The van der Waals surface area contributed by atoms with Gasteiger partial charge in [-0.2, -0.15) is 0 Å². The van der Waals surface area contributed by atoms with E-state index in [9.17, 15) is 9.59 Å². The third kappa shape index (κ3) is 2.42. The third-order valence-electron chi connectivity index (χ3n) is 4.22. The zero-order chi connectivity index (χ0) is 15.1. The molecule has 0 aliphatic heterocycles.